The van der Waals surface area contributed by atoms with Crippen LogP contribution in [0.5, 0.6) is 0 Å². The largest absolute Gasteiger partial charge is 0.528 e. The van der Waals surface area contributed by atoms with Crippen LogP contribution < -0.4 is 0 Å². The smallest absolute Gasteiger partial charge is 0.0201 e. The summed E-state index contributed by atoms with van der Waals surface area (Å²) < 4.78 is -0.417. The molecule has 4 heteroatoms. The zero-order valence-electron chi connectivity index (χ0n) is 14.1. The van der Waals surface area contributed by atoms with E-state index in [1.165, 1.54) is 113 Å². The van der Waals surface area contributed by atoms with Crippen molar-refractivity contribution >= 4 is 29.2 Å². The minimum atomic E-state index is -0.417. The Morgan fingerprint density at radius 3 is 1.24 bits per heavy atom. The van der Waals surface area contributed by atoms with Crippen LogP contribution in [-0.2, 0) is 30.9 Å². The molecular weight excluding hydrogens is 350 g/mol. The summed E-state index contributed by atoms with van der Waals surface area (Å²) in [6.07, 6.45) is 20.7. The summed E-state index contributed by atoms with van der Waals surface area (Å²) in [5.74, 6) is 0. The van der Waals surface area contributed by atoms with Crippen molar-refractivity contribution in [1.82, 2.24) is 0 Å². The summed E-state index contributed by atoms with van der Waals surface area (Å²) in [7, 11) is 0. The van der Waals surface area contributed by atoms with Gasteiger partial charge in [0.05, 0.1) is 0 Å². The van der Waals surface area contributed by atoms with Gasteiger partial charge in [-0.25, -0.2) is 0 Å². The van der Waals surface area contributed by atoms with Crippen LogP contribution in [0.25, 0.3) is 0 Å². The maximum absolute atomic E-state index is 7.60. The van der Waals surface area contributed by atoms with E-state index in [0.717, 1.165) is 0 Å². The van der Waals surface area contributed by atoms with Crippen molar-refractivity contribution in [1.29, 1.82) is 0 Å². The molecule has 0 amide bonds. The van der Waals surface area contributed by atoms with Gasteiger partial charge in [0.15, 0.2) is 0 Å². The van der Waals surface area contributed by atoms with E-state index < -0.39 is 4.38 Å². The van der Waals surface area contributed by atoms with Gasteiger partial charge in [-0.1, -0.05) is 26.2 Å². The predicted octanol–water partition coefficient (Wildman–Crippen LogP) is 6.81. The van der Waals surface area contributed by atoms with Crippen LogP contribution in [0.3, 0.4) is 0 Å². The molecule has 0 spiro atoms. The average Bonchev–Trinajstić information content (AvgIpc) is 2.43. The van der Waals surface area contributed by atoms with Gasteiger partial charge in [-0.15, -0.1) is 0 Å². The van der Waals surface area contributed by atoms with E-state index in [2.05, 4.69) is 31.8 Å². The van der Waals surface area contributed by atoms with Crippen LogP contribution in [0.2, 0.25) is 5.02 Å². The topological polar surface area (TPSA) is 20.2 Å². The molecule has 0 atom stereocenters. The number of aliphatic hydroxyl groups is 1. The number of thiocarbonyl (C=S) groups is 1. The van der Waals surface area contributed by atoms with E-state index in [-0.39, 0.29) is 0 Å². The first-order valence-corrected chi connectivity index (χ1v) is 11.8. The third-order valence-electron chi connectivity index (χ3n) is 3.60. The van der Waals surface area contributed by atoms with Crippen LogP contribution in [0.4, 0.5) is 0 Å². The van der Waals surface area contributed by atoms with Gasteiger partial charge in [-0.05, 0) is 0 Å². The first-order valence-electron chi connectivity index (χ1n) is 8.84. The number of hydrogen-bond acceptors (Lipinski definition) is 2. The van der Waals surface area contributed by atoms with Gasteiger partial charge >= 0.3 is 93.9 Å². The summed E-state index contributed by atoms with van der Waals surface area (Å²) in [5, 5.41) is 9.10. The molecule has 0 aromatic rings. The third kappa shape index (κ3) is 33.5. The summed E-state index contributed by atoms with van der Waals surface area (Å²) >= 11 is 9.31. The predicted molar refractivity (Wildman–Crippen MR) is 97.7 cm³/mol. The Labute approximate surface area is 154 Å². The molecule has 122 valence electrons. The summed E-state index contributed by atoms with van der Waals surface area (Å²) in [4.78, 5) is 0. The molecule has 0 aromatic heterocycles. The molecule has 1 nitrogen and oxygen atoms in total. The number of rotatable bonds is 14. The number of hydrogen-bond donors (Lipinski definition) is 1. The molecular formula is C17H34OS2Zn. The van der Waals surface area contributed by atoms with Crippen LogP contribution in [0, 0.1) is 0 Å². The summed E-state index contributed by atoms with van der Waals surface area (Å²) in [6, 6.07) is 0. The molecule has 0 unspecified atom stereocenters. The minimum absolute atomic E-state index is 0.417. The van der Waals surface area contributed by atoms with E-state index in [1.54, 1.807) is 0 Å². The zero-order chi connectivity index (χ0) is 16.2. The molecule has 0 fully saturated rings. The second kappa shape index (κ2) is 23.0. The van der Waals surface area contributed by atoms with Crippen molar-refractivity contribution in [3.05, 3.63) is 0 Å². The van der Waals surface area contributed by atoms with E-state index >= 15 is 0 Å². The molecule has 0 saturated carbocycles. The molecule has 0 saturated heterocycles. The van der Waals surface area contributed by atoms with Crippen LogP contribution in [0.15, 0.2) is 0 Å². The van der Waals surface area contributed by atoms with Crippen molar-refractivity contribution in [2.24, 2.45) is 0 Å². The molecule has 0 rings (SSSR count). The molecule has 21 heavy (non-hydrogen) atoms. The first kappa shape index (κ1) is 24.0. The second-order valence-electron chi connectivity index (χ2n) is 5.72. The van der Waals surface area contributed by atoms with Gasteiger partial charge in [0.1, 0.15) is 0 Å². The van der Waals surface area contributed by atoms with Gasteiger partial charge < -0.3 is 30.0 Å². The maximum Gasteiger partial charge on any atom is 0.0201 e. The molecule has 0 aliphatic carbocycles. The van der Waals surface area contributed by atoms with Crippen molar-refractivity contribution in [2.45, 2.75) is 102 Å². The van der Waals surface area contributed by atoms with Crippen LogP contribution in [0.1, 0.15) is 96.8 Å². The molecule has 0 bridgehead atoms. The monoisotopic (exact) mass is 382 g/mol. The average molecular weight is 384 g/mol. The molecule has 0 heterocycles. The Morgan fingerprint density at radius 2 is 1.00 bits per heavy atom. The van der Waals surface area contributed by atoms with Gasteiger partial charge in [-0.3, -0.25) is 0 Å². The molecule has 0 aliphatic heterocycles. The Balaban J connectivity index is 0. The van der Waals surface area contributed by atoms with E-state index in [9.17, 15) is 0 Å². The standard InChI is InChI=1S/C16H33.CH2OS2.Zn/c1-3-5-7-9-11-13-15-16-14-12-10-8-6-4-2;2-1(3)4;/h1,3-16H2,2H3;(H2,2,3,4);/q;;+1/p-1. The van der Waals surface area contributed by atoms with E-state index in [4.69, 9.17) is 5.11 Å². The van der Waals surface area contributed by atoms with Gasteiger partial charge in [0.2, 0.25) is 0 Å². The first-order chi connectivity index (χ1) is 10.1. The minimum Gasteiger partial charge on any atom is -0.528 e. The van der Waals surface area contributed by atoms with Crippen LogP contribution >= 0.6 is 12.2 Å². The van der Waals surface area contributed by atoms with Crippen molar-refractivity contribution in [3.8, 4) is 0 Å². The third-order valence-corrected chi connectivity index (χ3v) is 4.65. The van der Waals surface area contributed by atoms with Crippen LogP contribution in [-0.4, -0.2) is 9.49 Å². The van der Waals surface area contributed by atoms with E-state index in [1.807, 2.05) is 0 Å². The summed E-state index contributed by atoms with van der Waals surface area (Å²) in [6.45, 7) is 2.29. The normalized spacial score (nSPS) is 10.0. The van der Waals surface area contributed by atoms with E-state index in [0.29, 0.717) is 0 Å². The number of aliphatic hydroxyl groups excluding tert-OH is 1. The Kier molecular flexibility index (Phi) is 26.3. The fourth-order valence-corrected chi connectivity index (χ4v) is 3.11. The Hall–Kier alpha value is 0.733. The number of unbranched alkanes of at least 4 members (excludes halogenated alkanes) is 13. The fraction of sp³-hybridized carbons (Fsp3) is 0.941. The van der Waals surface area contributed by atoms with Gasteiger partial charge in [0, 0.05) is 4.38 Å². The zero-order valence-corrected chi connectivity index (χ0v) is 18.7. The Bertz CT molecular complexity index is 183. The Morgan fingerprint density at radius 1 is 0.762 bits per heavy atom. The molecule has 0 aromatic carbocycles. The molecule has 1 N–H and O–H groups in total. The molecule has 0 aliphatic rings. The SMILES string of the molecule is CCCCCCCCCCCCCCC[CH2][Zn+].OC(=S)[S-]. The van der Waals surface area contributed by atoms with Gasteiger partial charge in [-0.2, -0.15) is 0 Å². The van der Waals surface area contributed by atoms with Crippen molar-refractivity contribution < 1.29 is 23.4 Å². The second-order valence-corrected chi connectivity index (χ2v) is 8.23. The quantitative estimate of drug-likeness (QED) is 0.154. The fourth-order valence-electron chi connectivity index (χ4n) is 2.37. The van der Waals surface area contributed by atoms with Crippen molar-refractivity contribution in [2.75, 3.05) is 0 Å². The summed E-state index contributed by atoms with van der Waals surface area (Å²) in [5.41, 5.74) is 0. The molecule has 0 radical (unpaired) electrons. The maximum atomic E-state index is 7.60. The van der Waals surface area contributed by atoms with Gasteiger partial charge in [0.25, 0.3) is 0 Å². The van der Waals surface area contributed by atoms with Crippen molar-refractivity contribution in [3.63, 3.8) is 0 Å².